The van der Waals surface area contributed by atoms with Crippen LogP contribution in [0.25, 0.3) is 0 Å². The first-order chi connectivity index (χ1) is 8.87. The third kappa shape index (κ3) is 4.04. The average molecular weight is 309 g/mol. The number of hydrogen-bond donors (Lipinski definition) is 1. The van der Waals surface area contributed by atoms with Crippen LogP contribution in [0.3, 0.4) is 0 Å². The molecule has 5 heteroatoms. The van der Waals surface area contributed by atoms with Gasteiger partial charge in [-0.15, -0.1) is 0 Å². The van der Waals surface area contributed by atoms with Crippen molar-refractivity contribution in [2.75, 3.05) is 0 Å². The summed E-state index contributed by atoms with van der Waals surface area (Å²) in [4.78, 5) is 0. The predicted octanol–water partition coefficient (Wildman–Crippen LogP) is 4.72. The minimum Gasteiger partial charge on any atom is -0.392 e. The van der Waals surface area contributed by atoms with Crippen molar-refractivity contribution in [3.8, 4) is 0 Å². The van der Waals surface area contributed by atoms with E-state index in [1.165, 1.54) is 0 Å². The number of aliphatic hydroxyl groups is 1. The number of rotatable bonds is 3. The molecule has 0 heterocycles. The molecular formula is C14H16Cl2F2O. The summed E-state index contributed by atoms with van der Waals surface area (Å²) in [7, 11) is 0. The molecule has 1 N–H and O–H groups in total. The zero-order valence-electron chi connectivity index (χ0n) is 10.4. The van der Waals surface area contributed by atoms with Crippen molar-refractivity contribution in [1.29, 1.82) is 0 Å². The number of halogens is 4. The van der Waals surface area contributed by atoms with E-state index in [4.69, 9.17) is 23.2 Å². The van der Waals surface area contributed by atoms with E-state index < -0.39 is 12.0 Å². The van der Waals surface area contributed by atoms with E-state index in [9.17, 15) is 13.9 Å². The molecule has 0 aromatic heterocycles. The molecule has 1 aliphatic carbocycles. The van der Waals surface area contributed by atoms with Gasteiger partial charge in [-0.05, 0) is 42.9 Å². The molecule has 106 valence electrons. The van der Waals surface area contributed by atoms with E-state index in [-0.39, 0.29) is 18.8 Å². The van der Waals surface area contributed by atoms with Crippen LogP contribution < -0.4 is 0 Å². The second-order valence-corrected chi connectivity index (χ2v) is 6.03. The Balaban J connectivity index is 1.94. The smallest absolute Gasteiger partial charge is 0.248 e. The third-order valence-electron chi connectivity index (χ3n) is 3.73. The van der Waals surface area contributed by atoms with Crippen LogP contribution in [0.15, 0.2) is 18.2 Å². The summed E-state index contributed by atoms with van der Waals surface area (Å²) in [6.07, 6.45) is 0.304. The van der Waals surface area contributed by atoms with Crippen molar-refractivity contribution >= 4 is 23.2 Å². The summed E-state index contributed by atoms with van der Waals surface area (Å²) < 4.78 is 26.1. The molecule has 19 heavy (non-hydrogen) atoms. The van der Waals surface area contributed by atoms with Gasteiger partial charge in [-0.25, -0.2) is 8.78 Å². The molecule has 0 saturated heterocycles. The molecule has 2 rings (SSSR count). The van der Waals surface area contributed by atoms with E-state index in [0.29, 0.717) is 29.3 Å². The second-order valence-electron chi connectivity index (χ2n) is 5.21. The highest BCUT2D eigenvalue weighted by Crippen LogP contribution is 2.38. The van der Waals surface area contributed by atoms with Crippen LogP contribution in [0.1, 0.15) is 31.2 Å². The summed E-state index contributed by atoms with van der Waals surface area (Å²) in [5, 5.41) is 11.1. The second kappa shape index (κ2) is 5.94. The Labute approximate surface area is 121 Å². The lowest BCUT2D eigenvalue weighted by atomic mass is 9.81. The van der Waals surface area contributed by atoms with Crippen molar-refractivity contribution in [3.63, 3.8) is 0 Å². The maximum atomic E-state index is 13.1. The maximum absolute atomic E-state index is 13.1. The van der Waals surface area contributed by atoms with Gasteiger partial charge in [0.05, 0.1) is 16.1 Å². The van der Waals surface area contributed by atoms with Crippen LogP contribution in [0.4, 0.5) is 8.78 Å². The largest absolute Gasteiger partial charge is 0.392 e. The first kappa shape index (κ1) is 15.0. The van der Waals surface area contributed by atoms with Gasteiger partial charge < -0.3 is 5.11 Å². The van der Waals surface area contributed by atoms with Crippen LogP contribution in [-0.4, -0.2) is 17.1 Å². The first-order valence-electron chi connectivity index (χ1n) is 6.37. The van der Waals surface area contributed by atoms with Crippen molar-refractivity contribution < 1.29 is 13.9 Å². The molecule has 0 amide bonds. The number of benzene rings is 1. The van der Waals surface area contributed by atoms with Crippen LogP contribution in [0.5, 0.6) is 0 Å². The summed E-state index contributed by atoms with van der Waals surface area (Å²) in [5.74, 6) is -2.62. The number of hydrogen-bond acceptors (Lipinski definition) is 1. The molecular weight excluding hydrogens is 293 g/mol. The van der Waals surface area contributed by atoms with Crippen molar-refractivity contribution in [2.24, 2.45) is 5.92 Å². The molecule has 1 aromatic rings. The van der Waals surface area contributed by atoms with Gasteiger partial charge in [0.1, 0.15) is 0 Å². The van der Waals surface area contributed by atoms with Gasteiger partial charge >= 0.3 is 0 Å². The summed E-state index contributed by atoms with van der Waals surface area (Å²) in [6.45, 7) is 0. The molecule has 0 aliphatic heterocycles. The Morgan fingerprint density at radius 1 is 1.21 bits per heavy atom. The molecule has 1 atom stereocenters. The van der Waals surface area contributed by atoms with E-state index in [1.54, 1.807) is 18.2 Å². The molecule has 0 spiro atoms. The Morgan fingerprint density at radius 2 is 1.84 bits per heavy atom. The molecule has 1 aliphatic rings. The molecule has 1 saturated carbocycles. The lowest BCUT2D eigenvalue weighted by molar-refractivity contribution is -0.0619. The molecule has 0 radical (unpaired) electrons. The minimum atomic E-state index is -2.56. The zero-order valence-corrected chi connectivity index (χ0v) is 11.9. The lowest BCUT2D eigenvalue weighted by Crippen LogP contribution is -2.32. The van der Waals surface area contributed by atoms with E-state index in [2.05, 4.69) is 0 Å². The highest BCUT2D eigenvalue weighted by atomic mass is 35.5. The first-order valence-corrected chi connectivity index (χ1v) is 7.13. The van der Waals surface area contributed by atoms with E-state index in [0.717, 1.165) is 5.56 Å². The molecule has 0 bridgehead atoms. The van der Waals surface area contributed by atoms with Gasteiger partial charge in [0.25, 0.3) is 0 Å². The summed E-state index contributed by atoms with van der Waals surface area (Å²) >= 11 is 11.7. The quantitative estimate of drug-likeness (QED) is 0.856. The Kier molecular flexibility index (Phi) is 4.70. The van der Waals surface area contributed by atoms with Crippen LogP contribution in [-0.2, 0) is 6.42 Å². The van der Waals surface area contributed by atoms with Gasteiger partial charge in [0.15, 0.2) is 0 Å². The highest BCUT2D eigenvalue weighted by molar-refractivity contribution is 6.42. The summed E-state index contributed by atoms with van der Waals surface area (Å²) in [6, 6.07) is 5.19. The fourth-order valence-electron chi connectivity index (χ4n) is 2.52. The molecule has 1 fully saturated rings. The molecule has 1 aromatic carbocycles. The van der Waals surface area contributed by atoms with E-state index in [1.807, 2.05) is 0 Å². The molecule has 1 unspecified atom stereocenters. The van der Waals surface area contributed by atoms with Crippen LogP contribution >= 0.6 is 23.2 Å². The van der Waals surface area contributed by atoms with Gasteiger partial charge in [-0.1, -0.05) is 29.3 Å². The van der Waals surface area contributed by atoms with Crippen LogP contribution in [0, 0.1) is 5.92 Å². The van der Waals surface area contributed by atoms with Crippen molar-refractivity contribution in [3.05, 3.63) is 33.8 Å². The normalized spacial score (nSPS) is 21.3. The Hall–Kier alpha value is -0.380. The third-order valence-corrected chi connectivity index (χ3v) is 4.47. The standard InChI is InChI=1S/C14H16Cl2F2O/c15-11-2-1-9(7-12(11)16)8-13(19)10-3-5-14(17,18)6-4-10/h1-2,7,10,13,19H,3-6,8H2. The topological polar surface area (TPSA) is 20.2 Å². The van der Waals surface area contributed by atoms with Gasteiger partial charge in [-0.3, -0.25) is 0 Å². The fraction of sp³-hybridized carbons (Fsp3) is 0.571. The zero-order chi connectivity index (χ0) is 14.0. The van der Waals surface area contributed by atoms with Gasteiger partial charge in [-0.2, -0.15) is 0 Å². The summed E-state index contributed by atoms with van der Waals surface area (Å²) in [5.41, 5.74) is 0.874. The predicted molar refractivity (Wildman–Crippen MR) is 73.1 cm³/mol. The minimum absolute atomic E-state index is 0.0610. The monoisotopic (exact) mass is 308 g/mol. The van der Waals surface area contributed by atoms with Gasteiger partial charge in [0.2, 0.25) is 5.92 Å². The Morgan fingerprint density at radius 3 is 2.42 bits per heavy atom. The SMILES string of the molecule is OC(Cc1ccc(Cl)c(Cl)c1)C1CCC(F)(F)CC1. The number of aliphatic hydroxyl groups excluding tert-OH is 1. The fourth-order valence-corrected chi connectivity index (χ4v) is 2.84. The Bertz CT molecular complexity index is 441. The molecule has 1 nitrogen and oxygen atoms in total. The average Bonchev–Trinajstić information content (AvgIpc) is 2.33. The van der Waals surface area contributed by atoms with Crippen LogP contribution in [0.2, 0.25) is 10.0 Å². The lowest BCUT2D eigenvalue weighted by Gasteiger charge is -2.31. The van der Waals surface area contributed by atoms with Crippen molar-refractivity contribution in [2.45, 2.75) is 44.1 Å². The van der Waals surface area contributed by atoms with Gasteiger partial charge in [0, 0.05) is 12.8 Å². The highest BCUT2D eigenvalue weighted by Gasteiger charge is 2.37. The number of alkyl halides is 2. The van der Waals surface area contributed by atoms with E-state index >= 15 is 0 Å². The maximum Gasteiger partial charge on any atom is 0.248 e. The van der Waals surface area contributed by atoms with Crippen molar-refractivity contribution in [1.82, 2.24) is 0 Å².